The maximum atomic E-state index is 9.17. The summed E-state index contributed by atoms with van der Waals surface area (Å²) < 4.78 is 15.4. The summed E-state index contributed by atoms with van der Waals surface area (Å²) in [7, 11) is 0. The molecule has 1 unspecified atom stereocenters. The third-order valence-corrected chi connectivity index (χ3v) is 5.54. The fourth-order valence-electron chi connectivity index (χ4n) is 4.01. The number of aromatic nitrogens is 6. The number of rotatable bonds is 7. The quantitative estimate of drug-likeness (QED) is 0.476. The topological polar surface area (TPSA) is 100 Å². The van der Waals surface area contributed by atoms with Crippen molar-refractivity contribution < 1.29 is 14.6 Å². The Bertz CT molecular complexity index is 1210. The number of nitrogens with zero attached hydrogens (tertiary/aromatic N) is 6. The van der Waals surface area contributed by atoms with Gasteiger partial charge in [-0.2, -0.15) is 10.2 Å². The zero-order valence-electron chi connectivity index (χ0n) is 18.0. The molecule has 1 aliphatic heterocycles. The average Bonchev–Trinajstić information content (AvgIpc) is 3.45. The molecule has 1 aliphatic rings. The molecule has 9 heteroatoms. The van der Waals surface area contributed by atoms with Gasteiger partial charge in [0.2, 0.25) is 0 Å². The van der Waals surface area contributed by atoms with E-state index >= 15 is 0 Å². The van der Waals surface area contributed by atoms with Crippen LogP contribution >= 0.6 is 0 Å². The van der Waals surface area contributed by atoms with Crippen LogP contribution in [0.3, 0.4) is 0 Å². The van der Waals surface area contributed by atoms with E-state index in [-0.39, 0.29) is 12.8 Å². The predicted octanol–water partition coefficient (Wildman–Crippen LogP) is 3.31. The van der Waals surface area contributed by atoms with E-state index < -0.39 is 0 Å². The standard InChI is InChI=1S/C23H26N6O3/c1-2-31-17-6-7-19-18(13-17)22(27-29(19)21-5-3-4-12-32-21)23-24-10-8-20(26-23)28-15-16(9-11-30)14-25-28/h6-8,10,13-15,21,30H,2-5,9,11-12H2,1H3. The first-order chi connectivity index (χ1) is 15.8. The Hall–Kier alpha value is -3.30. The number of hydrogen-bond donors (Lipinski definition) is 1. The Balaban J connectivity index is 1.60. The summed E-state index contributed by atoms with van der Waals surface area (Å²) in [6, 6.07) is 7.77. The van der Waals surface area contributed by atoms with E-state index in [1.807, 2.05) is 36.0 Å². The molecule has 4 aromatic rings. The lowest BCUT2D eigenvalue weighted by molar-refractivity contribution is -0.0365. The minimum Gasteiger partial charge on any atom is -0.494 e. The van der Waals surface area contributed by atoms with Gasteiger partial charge in [-0.05, 0) is 56.4 Å². The third kappa shape index (κ3) is 3.96. The number of hydrogen-bond acceptors (Lipinski definition) is 7. The van der Waals surface area contributed by atoms with Crippen LogP contribution in [0.1, 0.15) is 38.0 Å². The number of aliphatic hydroxyl groups excluding tert-OH is 1. The molecule has 1 N–H and O–H groups in total. The highest BCUT2D eigenvalue weighted by Crippen LogP contribution is 2.33. The molecule has 0 amide bonds. The van der Waals surface area contributed by atoms with Gasteiger partial charge in [0, 0.05) is 37.1 Å². The molecule has 1 fully saturated rings. The van der Waals surface area contributed by atoms with Crippen LogP contribution in [0.15, 0.2) is 42.9 Å². The molecular weight excluding hydrogens is 408 g/mol. The highest BCUT2D eigenvalue weighted by molar-refractivity contribution is 5.92. The first-order valence-electron chi connectivity index (χ1n) is 11.0. The second-order valence-electron chi connectivity index (χ2n) is 7.73. The lowest BCUT2D eigenvalue weighted by Crippen LogP contribution is -2.19. The molecule has 1 atom stereocenters. The molecule has 5 rings (SSSR count). The van der Waals surface area contributed by atoms with Crippen molar-refractivity contribution in [2.75, 3.05) is 19.8 Å². The first-order valence-corrected chi connectivity index (χ1v) is 11.0. The number of fused-ring (bicyclic) bond motifs is 1. The number of ether oxygens (including phenoxy) is 2. The lowest BCUT2D eigenvalue weighted by Gasteiger charge is -2.23. The summed E-state index contributed by atoms with van der Waals surface area (Å²) in [5.41, 5.74) is 2.59. The molecule has 0 spiro atoms. The van der Waals surface area contributed by atoms with Gasteiger partial charge in [-0.25, -0.2) is 19.3 Å². The van der Waals surface area contributed by atoms with Crippen molar-refractivity contribution in [1.82, 2.24) is 29.5 Å². The molecule has 0 aliphatic carbocycles. The van der Waals surface area contributed by atoms with Crippen LogP contribution in [0.5, 0.6) is 5.75 Å². The second-order valence-corrected chi connectivity index (χ2v) is 7.73. The van der Waals surface area contributed by atoms with Crippen LogP contribution in [0, 0.1) is 0 Å². The van der Waals surface area contributed by atoms with E-state index in [4.69, 9.17) is 24.7 Å². The fraction of sp³-hybridized carbons (Fsp3) is 0.391. The summed E-state index contributed by atoms with van der Waals surface area (Å²) in [5, 5.41) is 19.4. The monoisotopic (exact) mass is 434 g/mol. The van der Waals surface area contributed by atoms with E-state index in [1.165, 1.54) is 0 Å². The molecule has 1 saturated heterocycles. The molecule has 0 saturated carbocycles. The van der Waals surface area contributed by atoms with Crippen LogP contribution in [-0.4, -0.2) is 54.5 Å². The number of aliphatic hydroxyl groups is 1. The van der Waals surface area contributed by atoms with Gasteiger partial charge < -0.3 is 14.6 Å². The average molecular weight is 435 g/mol. The van der Waals surface area contributed by atoms with E-state index in [0.717, 1.165) is 48.1 Å². The molecule has 0 bridgehead atoms. The maximum Gasteiger partial charge on any atom is 0.182 e. The van der Waals surface area contributed by atoms with Gasteiger partial charge in [0.05, 0.1) is 18.3 Å². The Morgan fingerprint density at radius 2 is 2.19 bits per heavy atom. The molecule has 9 nitrogen and oxygen atoms in total. The molecule has 1 aromatic carbocycles. The van der Waals surface area contributed by atoms with Crippen molar-refractivity contribution in [3.63, 3.8) is 0 Å². The Kier molecular flexibility index (Phi) is 5.83. The molecule has 166 valence electrons. The Morgan fingerprint density at radius 1 is 1.25 bits per heavy atom. The van der Waals surface area contributed by atoms with E-state index in [9.17, 15) is 0 Å². The van der Waals surface area contributed by atoms with E-state index in [1.54, 1.807) is 23.1 Å². The van der Waals surface area contributed by atoms with Gasteiger partial charge in [0.15, 0.2) is 17.9 Å². The summed E-state index contributed by atoms with van der Waals surface area (Å²) in [4.78, 5) is 9.25. The highest BCUT2D eigenvalue weighted by atomic mass is 16.5. The van der Waals surface area contributed by atoms with Crippen LogP contribution in [0.2, 0.25) is 0 Å². The van der Waals surface area contributed by atoms with E-state index in [0.29, 0.717) is 30.4 Å². The maximum absolute atomic E-state index is 9.17. The first kappa shape index (κ1) is 20.6. The fourth-order valence-corrected chi connectivity index (χ4v) is 4.01. The molecule has 4 heterocycles. The second kappa shape index (κ2) is 9.05. The Labute approximate surface area is 185 Å². The minimum absolute atomic E-state index is 0.0789. The number of benzene rings is 1. The normalized spacial score (nSPS) is 16.5. The van der Waals surface area contributed by atoms with Gasteiger partial charge in [-0.15, -0.1) is 0 Å². The molecular formula is C23H26N6O3. The summed E-state index contributed by atoms with van der Waals surface area (Å²) in [5.74, 6) is 1.92. The van der Waals surface area contributed by atoms with Crippen LogP contribution in [0.4, 0.5) is 0 Å². The molecule has 32 heavy (non-hydrogen) atoms. The van der Waals surface area contributed by atoms with Crippen LogP contribution in [-0.2, 0) is 11.2 Å². The zero-order chi connectivity index (χ0) is 21.9. The van der Waals surface area contributed by atoms with Gasteiger partial charge >= 0.3 is 0 Å². The molecule has 0 radical (unpaired) electrons. The van der Waals surface area contributed by atoms with Crippen LogP contribution < -0.4 is 4.74 Å². The van der Waals surface area contributed by atoms with Crippen molar-refractivity contribution in [3.05, 3.63) is 48.4 Å². The van der Waals surface area contributed by atoms with Crippen LogP contribution in [0.25, 0.3) is 28.2 Å². The summed E-state index contributed by atoms with van der Waals surface area (Å²) in [6.07, 6.45) is 8.86. The SMILES string of the molecule is CCOc1ccc2c(c1)c(-c1nccc(-n3cc(CCO)cn3)n1)nn2C1CCCCO1. The van der Waals surface area contributed by atoms with Crippen molar-refractivity contribution in [2.45, 2.75) is 38.8 Å². The van der Waals surface area contributed by atoms with Crippen molar-refractivity contribution in [1.29, 1.82) is 0 Å². The van der Waals surface area contributed by atoms with Crippen molar-refractivity contribution in [3.8, 4) is 23.1 Å². The molecule has 3 aromatic heterocycles. The summed E-state index contributed by atoms with van der Waals surface area (Å²) >= 11 is 0. The lowest BCUT2D eigenvalue weighted by atomic mass is 10.1. The van der Waals surface area contributed by atoms with Gasteiger partial charge in [0.1, 0.15) is 11.4 Å². The minimum atomic E-state index is -0.103. The predicted molar refractivity (Wildman–Crippen MR) is 119 cm³/mol. The van der Waals surface area contributed by atoms with Gasteiger partial charge in [0.25, 0.3) is 0 Å². The van der Waals surface area contributed by atoms with Gasteiger partial charge in [-0.1, -0.05) is 0 Å². The van der Waals surface area contributed by atoms with E-state index in [2.05, 4.69) is 10.1 Å². The Morgan fingerprint density at radius 3 is 3.00 bits per heavy atom. The zero-order valence-corrected chi connectivity index (χ0v) is 18.0. The van der Waals surface area contributed by atoms with Crippen molar-refractivity contribution in [2.24, 2.45) is 0 Å². The smallest absolute Gasteiger partial charge is 0.182 e. The third-order valence-electron chi connectivity index (χ3n) is 5.54. The largest absolute Gasteiger partial charge is 0.494 e. The highest BCUT2D eigenvalue weighted by Gasteiger charge is 2.23. The summed E-state index contributed by atoms with van der Waals surface area (Å²) in [6.45, 7) is 3.36. The van der Waals surface area contributed by atoms with Gasteiger partial charge in [-0.3, -0.25) is 0 Å². The van der Waals surface area contributed by atoms with Crippen molar-refractivity contribution >= 4 is 10.9 Å².